The molecule has 1 atom stereocenters. The number of hydrogen-bond acceptors (Lipinski definition) is 5. The standard InChI is InChI=1S/C22H30FN5O2.HI/c1-4-24-22(26-12-9-16-14-18(29-2)7-8-20(16)30-3)27-17-10-13-28(15-17)21-19(23)6-5-11-25-21;/h5-8,11,14,17H,4,9-10,12-13,15H2,1-3H3,(H2,24,26,27);1H. The average molecular weight is 543 g/mol. The lowest BCUT2D eigenvalue weighted by atomic mass is 10.1. The molecule has 0 saturated carbocycles. The normalized spacial score (nSPS) is 15.9. The van der Waals surface area contributed by atoms with Gasteiger partial charge in [0.05, 0.1) is 14.2 Å². The average Bonchev–Trinajstić information content (AvgIpc) is 3.22. The fraction of sp³-hybridized carbons (Fsp3) is 0.455. The van der Waals surface area contributed by atoms with Crippen LogP contribution in [0.15, 0.2) is 41.5 Å². The van der Waals surface area contributed by atoms with Crippen LogP contribution >= 0.6 is 24.0 Å². The first-order valence-corrected chi connectivity index (χ1v) is 10.3. The minimum Gasteiger partial charge on any atom is -0.497 e. The van der Waals surface area contributed by atoms with Gasteiger partial charge in [-0.2, -0.15) is 0 Å². The summed E-state index contributed by atoms with van der Waals surface area (Å²) in [4.78, 5) is 10.9. The quantitative estimate of drug-likeness (QED) is 0.303. The maximum Gasteiger partial charge on any atom is 0.191 e. The summed E-state index contributed by atoms with van der Waals surface area (Å²) in [6.07, 6.45) is 3.24. The van der Waals surface area contributed by atoms with E-state index in [1.807, 2.05) is 30.0 Å². The highest BCUT2D eigenvalue weighted by atomic mass is 127. The van der Waals surface area contributed by atoms with Crippen LogP contribution in [0.25, 0.3) is 0 Å². The minimum absolute atomic E-state index is 0. The zero-order chi connectivity index (χ0) is 21.3. The highest BCUT2D eigenvalue weighted by Crippen LogP contribution is 2.24. The highest BCUT2D eigenvalue weighted by molar-refractivity contribution is 14.0. The van der Waals surface area contributed by atoms with E-state index in [2.05, 4.69) is 15.6 Å². The number of nitrogens with one attached hydrogen (secondary N) is 2. The maximum atomic E-state index is 14.0. The molecule has 170 valence electrons. The molecule has 2 aromatic rings. The van der Waals surface area contributed by atoms with Crippen LogP contribution in [0.2, 0.25) is 0 Å². The molecule has 1 saturated heterocycles. The lowest BCUT2D eigenvalue weighted by Gasteiger charge is -2.20. The fourth-order valence-electron chi connectivity index (χ4n) is 3.56. The molecule has 2 N–H and O–H groups in total. The summed E-state index contributed by atoms with van der Waals surface area (Å²) < 4.78 is 24.8. The van der Waals surface area contributed by atoms with Crippen LogP contribution in [0, 0.1) is 5.82 Å². The number of aromatic nitrogens is 1. The maximum absolute atomic E-state index is 14.0. The summed E-state index contributed by atoms with van der Waals surface area (Å²) in [6, 6.07) is 9.00. The molecule has 0 aliphatic carbocycles. The number of nitrogens with zero attached hydrogens (tertiary/aromatic N) is 3. The predicted molar refractivity (Wildman–Crippen MR) is 133 cm³/mol. The van der Waals surface area contributed by atoms with Gasteiger partial charge >= 0.3 is 0 Å². The summed E-state index contributed by atoms with van der Waals surface area (Å²) in [5.74, 6) is 2.51. The number of methoxy groups -OCH3 is 2. The molecule has 9 heteroatoms. The topological polar surface area (TPSA) is 71.0 Å². The number of hydrogen-bond donors (Lipinski definition) is 2. The first-order valence-electron chi connectivity index (χ1n) is 10.3. The van der Waals surface area contributed by atoms with E-state index in [1.54, 1.807) is 26.5 Å². The monoisotopic (exact) mass is 543 g/mol. The van der Waals surface area contributed by atoms with Gasteiger partial charge in [-0.25, -0.2) is 9.37 Å². The van der Waals surface area contributed by atoms with Crippen LogP contribution in [0.3, 0.4) is 0 Å². The molecule has 3 rings (SSSR count). The third kappa shape index (κ3) is 6.84. The van der Waals surface area contributed by atoms with Crippen molar-refractivity contribution in [3.63, 3.8) is 0 Å². The van der Waals surface area contributed by atoms with Crippen molar-refractivity contribution < 1.29 is 13.9 Å². The Kier molecular flexibility index (Phi) is 10.1. The van der Waals surface area contributed by atoms with Crippen LogP contribution in [0.5, 0.6) is 11.5 Å². The second kappa shape index (κ2) is 12.5. The van der Waals surface area contributed by atoms with Crippen molar-refractivity contribution >= 4 is 35.8 Å². The molecule has 0 bridgehead atoms. The van der Waals surface area contributed by atoms with Gasteiger partial charge < -0.3 is 25.0 Å². The van der Waals surface area contributed by atoms with E-state index in [9.17, 15) is 4.39 Å². The Hall–Kier alpha value is -2.30. The summed E-state index contributed by atoms with van der Waals surface area (Å²) in [5, 5.41) is 6.75. The Bertz CT molecular complexity index is 868. The summed E-state index contributed by atoms with van der Waals surface area (Å²) >= 11 is 0. The Morgan fingerprint density at radius 2 is 2.13 bits per heavy atom. The van der Waals surface area contributed by atoms with Gasteiger partial charge in [0.15, 0.2) is 17.6 Å². The zero-order valence-corrected chi connectivity index (χ0v) is 20.6. The third-order valence-corrected chi connectivity index (χ3v) is 5.05. The molecule has 1 fully saturated rings. The molecule has 1 aliphatic rings. The van der Waals surface area contributed by atoms with Crippen molar-refractivity contribution in [2.24, 2.45) is 4.99 Å². The number of anilines is 1. The lowest BCUT2D eigenvalue weighted by Crippen LogP contribution is -2.44. The van der Waals surface area contributed by atoms with Crippen molar-refractivity contribution in [1.29, 1.82) is 0 Å². The molecule has 0 radical (unpaired) electrons. The van der Waals surface area contributed by atoms with E-state index in [-0.39, 0.29) is 35.8 Å². The van der Waals surface area contributed by atoms with Gasteiger partial charge in [0.25, 0.3) is 0 Å². The number of ether oxygens (including phenoxy) is 2. The third-order valence-electron chi connectivity index (χ3n) is 5.05. The highest BCUT2D eigenvalue weighted by Gasteiger charge is 2.25. The number of benzene rings is 1. The summed E-state index contributed by atoms with van der Waals surface area (Å²) in [5.41, 5.74) is 1.05. The first-order chi connectivity index (χ1) is 14.6. The predicted octanol–water partition coefficient (Wildman–Crippen LogP) is 3.23. The van der Waals surface area contributed by atoms with Crippen LogP contribution in [-0.4, -0.2) is 57.4 Å². The second-order valence-corrected chi connectivity index (χ2v) is 7.07. The van der Waals surface area contributed by atoms with E-state index in [1.165, 1.54) is 6.07 Å². The molecule has 1 aromatic carbocycles. The molecular weight excluding hydrogens is 512 g/mol. The van der Waals surface area contributed by atoms with E-state index in [0.29, 0.717) is 18.9 Å². The van der Waals surface area contributed by atoms with Crippen molar-refractivity contribution in [3.05, 3.63) is 47.9 Å². The van der Waals surface area contributed by atoms with Crippen LogP contribution in [0.4, 0.5) is 10.2 Å². The van der Waals surface area contributed by atoms with Crippen LogP contribution < -0.4 is 25.0 Å². The van der Waals surface area contributed by atoms with Gasteiger partial charge in [0.1, 0.15) is 11.5 Å². The molecule has 7 nitrogen and oxygen atoms in total. The Labute approximate surface area is 200 Å². The number of halogens is 2. The minimum atomic E-state index is -0.286. The number of rotatable bonds is 8. The Balaban J connectivity index is 0.00000341. The van der Waals surface area contributed by atoms with Gasteiger partial charge in [-0.3, -0.25) is 4.99 Å². The molecule has 1 aromatic heterocycles. The smallest absolute Gasteiger partial charge is 0.191 e. The van der Waals surface area contributed by atoms with Gasteiger partial charge in [-0.1, -0.05) is 0 Å². The Morgan fingerprint density at radius 3 is 2.84 bits per heavy atom. The summed E-state index contributed by atoms with van der Waals surface area (Å²) in [6.45, 7) is 4.84. The van der Waals surface area contributed by atoms with Crippen molar-refractivity contribution in [1.82, 2.24) is 15.6 Å². The van der Waals surface area contributed by atoms with Gasteiger partial charge in [-0.15, -0.1) is 24.0 Å². The van der Waals surface area contributed by atoms with Crippen LogP contribution in [0.1, 0.15) is 18.9 Å². The van der Waals surface area contributed by atoms with E-state index in [4.69, 9.17) is 14.5 Å². The van der Waals surface area contributed by atoms with Crippen molar-refractivity contribution in [3.8, 4) is 11.5 Å². The van der Waals surface area contributed by atoms with Crippen LogP contribution in [-0.2, 0) is 6.42 Å². The molecule has 2 heterocycles. The summed E-state index contributed by atoms with van der Waals surface area (Å²) in [7, 11) is 3.31. The number of aliphatic imine (C=N–C) groups is 1. The molecule has 0 spiro atoms. The number of pyridine rings is 1. The largest absolute Gasteiger partial charge is 0.497 e. The van der Waals surface area contributed by atoms with Gasteiger partial charge in [0, 0.05) is 38.4 Å². The van der Waals surface area contributed by atoms with E-state index < -0.39 is 0 Å². The van der Waals surface area contributed by atoms with Gasteiger partial charge in [-0.05, 0) is 55.7 Å². The molecular formula is C22H31FIN5O2. The van der Waals surface area contributed by atoms with E-state index in [0.717, 1.165) is 49.0 Å². The van der Waals surface area contributed by atoms with Crippen molar-refractivity contribution in [2.75, 3.05) is 45.3 Å². The second-order valence-electron chi connectivity index (χ2n) is 7.07. The molecule has 0 amide bonds. The van der Waals surface area contributed by atoms with Gasteiger partial charge in [0.2, 0.25) is 0 Å². The fourth-order valence-corrected chi connectivity index (χ4v) is 3.56. The Morgan fingerprint density at radius 1 is 1.29 bits per heavy atom. The molecule has 1 unspecified atom stereocenters. The molecule has 1 aliphatic heterocycles. The van der Waals surface area contributed by atoms with Crippen molar-refractivity contribution in [2.45, 2.75) is 25.8 Å². The first kappa shape index (κ1) is 25.0. The number of guanidine groups is 1. The van der Waals surface area contributed by atoms with E-state index >= 15 is 0 Å². The zero-order valence-electron chi connectivity index (χ0n) is 18.2. The lowest BCUT2D eigenvalue weighted by molar-refractivity contribution is 0.399. The molecule has 31 heavy (non-hydrogen) atoms. The SMILES string of the molecule is CCNC(=NCCc1cc(OC)ccc1OC)NC1CCN(c2ncccc2F)C1.I.